The van der Waals surface area contributed by atoms with Crippen LogP contribution in [-0.2, 0) is 27.9 Å². The van der Waals surface area contributed by atoms with Crippen LogP contribution in [0.25, 0.3) is 11.0 Å². The van der Waals surface area contributed by atoms with Crippen molar-refractivity contribution in [1.29, 1.82) is 0 Å². The number of likely N-dealkylation sites (tertiary alicyclic amines) is 2. The van der Waals surface area contributed by atoms with Crippen LogP contribution in [0.2, 0.25) is 0 Å². The van der Waals surface area contributed by atoms with Crippen molar-refractivity contribution < 1.29 is 24.2 Å². The number of carbonyl (C=O) groups excluding carboxylic acids is 2. The molecule has 11 heteroatoms. The number of hydrogen-bond donors (Lipinski definition) is 2. The van der Waals surface area contributed by atoms with Crippen LogP contribution in [0, 0.1) is 11.3 Å². The Hall–Kier alpha value is -3.18. The molecule has 2 N–H and O–H groups in total. The summed E-state index contributed by atoms with van der Waals surface area (Å²) in [7, 11) is 1.70. The minimum absolute atomic E-state index is 0.00836. The Bertz CT molecular complexity index is 1330. The predicted molar refractivity (Wildman–Crippen MR) is 144 cm³/mol. The number of benzene rings is 1. The second-order valence-electron chi connectivity index (χ2n) is 12.4. The van der Waals surface area contributed by atoms with E-state index in [0.717, 1.165) is 43.6 Å². The van der Waals surface area contributed by atoms with Crippen molar-refractivity contribution in [3.05, 3.63) is 34.2 Å². The smallest absolute Gasteiger partial charge is 0.407 e. The molecule has 1 aromatic heterocycles. The number of carboxylic acid groups (broad SMARTS) is 1. The van der Waals surface area contributed by atoms with E-state index in [9.17, 15) is 24.3 Å². The zero-order chi connectivity index (χ0) is 28.1. The first-order valence-electron chi connectivity index (χ1n) is 13.8. The van der Waals surface area contributed by atoms with Crippen LogP contribution in [0.4, 0.5) is 4.79 Å². The molecular weight excluding hydrogens is 502 g/mol. The molecule has 1 aromatic carbocycles. The molecule has 3 amide bonds. The fraction of sp³-hybridized carbons (Fsp3) is 0.643. The monoisotopic (exact) mass is 541 g/mol. The van der Waals surface area contributed by atoms with Crippen LogP contribution >= 0.6 is 0 Å². The van der Waals surface area contributed by atoms with E-state index < -0.39 is 18.0 Å². The first-order valence-corrected chi connectivity index (χ1v) is 13.8. The van der Waals surface area contributed by atoms with Crippen LogP contribution in [0.15, 0.2) is 23.0 Å². The molecule has 0 bridgehead atoms. The average Bonchev–Trinajstić information content (AvgIpc) is 3.09. The van der Waals surface area contributed by atoms with Crippen molar-refractivity contribution in [1.82, 2.24) is 24.3 Å². The van der Waals surface area contributed by atoms with Crippen LogP contribution in [0.5, 0.6) is 0 Å². The lowest BCUT2D eigenvalue weighted by Crippen LogP contribution is -2.54. The number of carbonyl (C=O) groups is 3. The van der Waals surface area contributed by atoms with E-state index in [1.165, 1.54) is 4.57 Å². The van der Waals surface area contributed by atoms with E-state index in [1.807, 2.05) is 18.2 Å². The lowest BCUT2D eigenvalue weighted by atomic mass is 9.77. The second-order valence-corrected chi connectivity index (χ2v) is 12.4. The number of hydrogen-bond acceptors (Lipinski definition) is 6. The molecule has 5 rings (SSSR count). The molecule has 212 valence electrons. The van der Waals surface area contributed by atoms with E-state index in [0.29, 0.717) is 31.0 Å². The molecule has 3 unspecified atom stereocenters. The molecule has 3 aliphatic heterocycles. The highest BCUT2D eigenvalue weighted by atomic mass is 16.5. The molecule has 0 aliphatic carbocycles. The normalized spacial score (nSPS) is 25.1. The molecule has 3 aliphatic rings. The van der Waals surface area contributed by atoms with Crippen LogP contribution < -0.4 is 11.0 Å². The van der Waals surface area contributed by atoms with Gasteiger partial charge in [0.05, 0.1) is 23.7 Å². The Kier molecular flexibility index (Phi) is 7.32. The molecule has 11 nitrogen and oxygen atoms in total. The number of aryl methyl sites for hydroxylation is 1. The largest absolute Gasteiger partial charge is 0.465 e. The topological polar surface area (TPSA) is 126 Å². The summed E-state index contributed by atoms with van der Waals surface area (Å²) in [4.78, 5) is 52.5. The maximum atomic E-state index is 13.0. The van der Waals surface area contributed by atoms with Crippen LogP contribution in [-0.4, -0.2) is 80.3 Å². The Morgan fingerprint density at radius 1 is 1.13 bits per heavy atom. The van der Waals surface area contributed by atoms with Crippen molar-refractivity contribution >= 4 is 28.9 Å². The molecule has 2 aromatic rings. The van der Waals surface area contributed by atoms with E-state index >= 15 is 0 Å². The van der Waals surface area contributed by atoms with Gasteiger partial charge in [0, 0.05) is 45.7 Å². The highest BCUT2D eigenvalue weighted by Gasteiger charge is 2.39. The average molecular weight is 542 g/mol. The van der Waals surface area contributed by atoms with Crippen LogP contribution in [0.1, 0.15) is 58.1 Å². The van der Waals surface area contributed by atoms with Crippen molar-refractivity contribution in [3.8, 4) is 0 Å². The van der Waals surface area contributed by atoms with Gasteiger partial charge in [-0.3, -0.25) is 28.9 Å². The summed E-state index contributed by atoms with van der Waals surface area (Å²) in [5.41, 5.74) is 2.14. The van der Waals surface area contributed by atoms with E-state index in [2.05, 4.69) is 31.0 Å². The number of nitrogens with one attached hydrogen (secondary N) is 1. The number of ether oxygens (including phenoxy) is 1. The first kappa shape index (κ1) is 27.4. The number of rotatable bonds is 6. The molecule has 0 radical (unpaired) electrons. The molecule has 0 saturated carbocycles. The van der Waals surface area contributed by atoms with E-state index in [1.54, 1.807) is 16.5 Å². The van der Waals surface area contributed by atoms with Gasteiger partial charge in [0.15, 0.2) is 0 Å². The van der Waals surface area contributed by atoms with Gasteiger partial charge in [0.1, 0.15) is 6.04 Å². The lowest BCUT2D eigenvalue weighted by molar-refractivity contribution is -0.135. The van der Waals surface area contributed by atoms with Crippen molar-refractivity contribution in [2.24, 2.45) is 18.4 Å². The molecule has 3 atom stereocenters. The second kappa shape index (κ2) is 10.4. The number of amides is 3. The zero-order valence-corrected chi connectivity index (χ0v) is 23.2. The summed E-state index contributed by atoms with van der Waals surface area (Å²) in [5.74, 6) is -0.379. The maximum Gasteiger partial charge on any atom is 0.407 e. The van der Waals surface area contributed by atoms with Gasteiger partial charge >= 0.3 is 11.8 Å². The number of piperidine rings is 2. The van der Waals surface area contributed by atoms with Gasteiger partial charge in [0.25, 0.3) is 0 Å². The van der Waals surface area contributed by atoms with Crippen molar-refractivity contribution in [2.45, 2.75) is 71.2 Å². The number of fused-ring (bicyclic) bond motifs is 1. The quantitative estimate of drug-likeness (QED) is 0.538. The lowest BCUT2D eigenvalue weighted by Gasteiger charge is -2.45. The fourth-order valence-electron chi connectivity index (χ4n) is 6.26. The third-order valence-corrected chi connectivity index (χ3v) is 8.53. The summed E-state index contributed by atoms with van der Waals surface area (Å²) in [6, 6.07) is 5.18. The van der Waals surface area contributed by atoms with Gasteiger partial charge < -0.3 is 14.7 Å². The Morgan fingerprint density at radius 2 is 1.87 bits per heavy atom. The molecule has 0 spiro atoms. The van der Waals surface area contributed by atoms with Gasteiger partial charge in [-0.1, -0.05) is 26.8 Å². The first-order chi connectivity index (χ1) is 18.4. The third-order valence-electron chi connectivity index (χ3n) is 8.53. The molecule has 4 heterocycles. The highest BCUT2D eigenvalue weighted by Crippen LogP contribution is 2.35. The van der Waals surface area contributed by atoms with E-state index in [-0.39, 0.29) is 35.6 Å². The molecule has 3 saturated heterocycles. The Labute approximate surface area is 227 Å². The summed E-state index contributed by atoms with van der Waals surface area (Å²) in [6.07, 6.45) is 1.51. The third kappa shape index (κ3) is 5.47. The van der Waals surface area contributed by atoms with Gasteiger partial charge in [-0.25, -0.2) is 9.59 Å². The maximum absolute atomic E-state index is 13.0. The SMILES string of the molecule is Cn1c(=O)n(C2CCC(=O)NC2=O)c2ccc(CN3CC(OCC4CCN(C(=O)O)C(C(C)(C)C)C4)C3)cc21. The minimum Gasteiger partial charge on any atom is -0.465 e. The van der Waals surface area contributed by atoms with Gasteiger partial charge in [-0.15, -0.1) is 0 Å². The van der Waals surface area contributed by atoms with Gasteiger partial charge in [0.2, 0.25) is 11.8 Å². The number of imidazole rings is 1. The number of imide groups is 1. The van der Waals surface area contributed by atoms with Crippen LogP contribution in [0.3, 0.4) is 0 Å². The minimum atomic E-state index is -0.838. The predicted octanol–water partition coefficient (Wildman–Crippen LogP) is 2.32. The molecular formula is C28H39N5O6. The van der Waals surface area contributed by atoms with E-state index in [4.69, 9.17) is 4.74 Å². The summed E-state index contributed by atoms with van der Waals surface area (Å²) >= 11 is 0. The standard InChI is InChI=1S/C28H39N5O6/c1-28(2,3)23-12-18(9-10-32(23)27(37)38)16-39-19-14-31(15-19)13-17-5-6-20-22(11-17)30(4)26(36)33(20)21-7-8-24(34)29-25(21)35/h5-6,11,18-19,21,23H,7-10,12-16H2,1-4H3,(H,37,38)(H,29,34,35). The zero-order valence-electron chi connectivity index (χ0n) is 23.2. The summed E-state index contributed by atoms with van der Waals surface area (Å²) in [5, 5.41) is 11.9. The number of nitrogens with zero attached hydrogens (tertiary/aromatic N) is 4. The van der Waals surface area contributed by atoms with Gasteiger partial charge in [-0.05, 0) is 48.3 Å². The Balaban J connectivity index is 1.16. The van der Waals surface area contributed by atoms with Crippen molar-refractivity contribution in [2.75, 3.05) is 26.2 Å². The number of aromatic nitrogens is 2. The summed E-state index contributed by atoms with van der Waals surface area (Å²) in [6.45, 7) is 9.88. The Morgan fingerprint density at radius 3 is 2.54 bits per heavy atom. The molecule has 3 fully saturated rings. The van der Waals surface area contributed by atoms with Crippen molar-refractivity contribution in [3.63, 3.8) is 0 Å². The molecule has 39 heavy (non-hydrogen) atoms. The highest BCUT2D eigenvalue weighted by molar-refractivity contribution is 6.00. The fourth-order valence-corrected chi connectivity index (χ4v) is 6.26. The summed E-state index contributed by atoms with van der Waals surface area (Å²) < 4.78 is 9.28. The van der Waals surface area contributed by atoms with Gasteiger partial charge in [-0.2, -0.15) is 0 Å².